The Balaban J connectivity index is 2.32. The molecular formula is C16H19NO. The fraction of sp³-hybridized carbons (Fsp3) is 0.250. The van der Waals surface area contributed by atoms with Gasteiger partial charge >= 0.3 is 0 Å². The largest absolute Gasteiger partial charge is 0.469 e. The summed E-state index contributed by atoms with van der Waals surface area (Å²) in [6.45, 7) is 4.06. The van der Waals surface area contributed by atoms with Gasteiger partial charge in [0, 0.05) is 12.0 Å². The SMILES string of the molecule is CCC(N)(Oc1ccccc1C)c1ccccc1. The summed E-state index contributed by atoms with van der Waals surface area (Å²) < 4.78 is 6.05. The van der Waals surface area contributed by atoms with E-state index in [1.165, 1.54) is 0 Å². The van der Waals surface area contributed by atoms with E-state index in [2.05, 4.69) is 0 Å². The highest BCUT2D eigenvalue weighted by atomic mass is 16.5. The number of para-hydroxylation sites is 1. The van der Waals surface area contributed by atoms with Crippen LogP contribution in [-0.2, 0) is 5.72 Å². The van der Waals surface area contributed by atoms with Crippen molar-refractivity contribution in [2.45, 2.75) is 26.0 Å². The fourth-order valence-corrected chi connectivity index (χ4v) is 1.92. The standard InChI is InChI=1S/C16H19NO/c1-3-16(17,14-10-5-4-6-11-14)18-15-12-8-7-9-13(15)2/h4-12H,3,17H2,1-2H3. The van der Waals surface area contributed by atoms with Gasteiger partial charge < -0.3 is 4.74 Å². The topological polar surface area (TPSA) is 35.2 Å². The lowest BCUT2D eigenvalue weighted by Crippen LogP contribution is -2.42. The summed E-state index contributed by atoms with van der Waals surface area (Å²) in [7, 11) is 0. The van der Waals surface area contributed by atoms with Crippen LogP contribution in [0.4, 0.5) is 0 Å². The van der Waals surface area contributed by atoms with E-state index in [1.54, 1.807) is 0 Å². The minimum Gasteiger partial charge on any atom is -0.469 e. The second-order valence-corrected chi connectivity index (χ2v) is 4.48. The molecule has 0 fully saturated rings. The van der Waals surface area contributed by atoms with Crippen molar-refractivity contribution >= 4 is 0 Å². The lowest BCUT2D eigenvalue weighted by molar-refractivity contribution is 0.0680. The van der Waals surface area contributed by atoms with E-state index < -0.39 is 5.72 Å². The number of nitrogens with two attached hydrogens (primary N) is 1. The lowest BCUT2D eigenvalue weighted by atomic mass is 10.0. The molecule has 0 saturated heterocycles. The van der Waals surface area contributed by atoms with Crippen LogP contribution in [0.1, 0.15) is 24.5 Å². The van der Waals surface area contributed by atoms with Crippen LogP contribution >= 0.6 is 0 Å². The third kappa shape index (κ3) is 2.54. The van der Waals surface area contributed by atoms with Crippen molar-refractivity contribution in [1.29, 1.82) is 0 Å². The van der Waals surface area contributed by atoms with Crippen LogP contribution in [0.5, 0.6) is 5.75 Å². The third-order valence-corrected chi connectivity index (χ3v) is 3.17. The van der Waals surface area contributed by atoms with Crippen LogP contribution in [0.2, 0.25) is 0 Å². The van der Waals surface area contributed by atoms with Gasteiger partial charge in [-0.05, 0) is 18.6 Å². The maximum absolute atomic E-state index is 6.40. The van der Waals surface area contributed by atoms with Crippen LogP contribution < -0.4 is 10.5 Å². The Hall–Kier alpha value is -1.80. The van der Waals surface area contributed by atoms with E-state index >= 15 is 0 Å². The zero-order chi connectivity index (χ0) is 13.0. The first-order valence-corrected chi connectivity index (χ1v) is 6.25. The summed E-state index contributed by atoms with van der Waals surface area (Å²) >= 11 is 0. The van der Waals surface area contributed by atoms with Gasteiger partial charge in [-0.3, -0.25) is 5.73 Å². The van der Waals surface area contributed by atoms with E-state index in [-0.39, 0.29) is 0 Å². The Morgan fingerprint density at radius 3 is 2.22 bits per heavy atom. The molecule has 0 heterocycles. The number of ether oxygens (including phenoxy) is 1. The summed E-state index contributed by atoms with van der Waals surface area (Å²) in [6, 6.07) is 17.9. The normalized spacial score (nSPS) is 13.9. The monoisotopic (exact) mass is 241 g/mol. The van der Waals surface area contributed by atoms with Crippen LogP contribution in [0.3, 0.4) is 0 Å². The van der Waals surface area contributed by atoms with E-state index in [0.717, 1.165) is 16.9 Å². The number of rotatable bonds is 4. The minimum atomic E-state index is -0.770. The van der Waals surface area contributed by atoms with Crippen molar-refractivity contribution < 1.29 is 4.74 Å². The Labute approximate surface area is 108 Å². The summed E-state index contributed by atoms with van der Waals surface area (Å²) in [4.78, 5) is 0. The molecule has 18 heavy (non-hydrogen) atoms. The molecule has 0 radical (unpaired) electrons. The molecule has 94 valence electrons. The Morgan fingerprint density at radius 2 is 1.61 bits per heavy atom. The molecule has 1 atom stereocenters. The maximum atomic E-state index is 6.40. The molecule has 0 aromatic heterocycles. The van der Waals surface area contributed by atoms with Gasteiger partial charge in [-0.15, -0.1) is 0 Å². The maximum Gasteiger partial charge on any atom is 0.184 e. The first-order valence-electron chi connectivity index (χ1n) is 6.25. The molecule has 2 nitrogen and oxygen atoms in total. The molecule has 2 heteroatoms. The van der Waals surface area contributed by atoms with E-state index in [4.69, 9.17) is 10.5 Å². The van der Waals surface area contributed by atoms with Gasteiger partial charge in [-0.2, -0.15) is 0 Å². The lowest BCUT2D eigenvalue weighted by Gasteiger charge is -2.30. The number of benzene rings is 2. The van der Waals surface area contributed by atoms with Crippen LogP contribution in [0.15, 0.2) is 54.6 Å². The molecule has 0 spiro atoms. The molecule has 1 unspecified atom stereocenters. The molecular weight excluding hydrogens is 222 g/mol. The van der Waals surface area contributed by atoms with Crippen LogP contribution in [0.25, 0.3) is 0 Å². The molecule has 0 amide bonds. The molecule has 2 aromatic carbocycles. The van der Waals surface area contributed by atoms with Crippen molar-refractivity contribution in [2.24, 2.45) is 5.73 Å². The number of hydrogen-bond acceptors (Lipinski definition) is 2. The summed E-state index contributed by atoms with van der Waals surface area (Å²) in [5, 5.41) is 0. The molecule has 2 aromatic rings. The zero-order valence-corrected chi connectivity index (χ0v) is 10.9. The van der Waals surface area contributed by atoms with Crippen LogP contribution in [0, 0.1) is 6.92 Å². The highest BCUT2D eigenvalue weighted by Gasteiger charge is 2.27. The summed E-state index contributed by atoms with van der Waals surface area (Å²) in [6.07, 6.45) is 0.714. The smallest absolute Gasteiger partial charge is 0.184 e. The molecule has 0 aliphatic heterocycles. The van der Waals surface area contributed by atoms with Crippen LogP contribution in [-0.4, -0.2) is 0 Å². The summed E-state index contributed by atoms with van der Waals surface area (Å²) in [5.41, 5.74) is 7.72. The molecule has 2 rings (SSSR count). The molecule has 0 saturated carbocycles. The average Bonchev–Trinajstić information content (AvgIpc) is 2.42. The quantitative estimate of drug-likeness (QED) is 0.830. The van der Waals surface area contributed by atoms with Gasteiger partial charge in [0.05, 0.1) is 0 Å². The highest BCUT2D eigenvalue weighted by Crippen LogP contribution is 2.28. The Kier molecular flexibility index (Phi) is 3.68. The second kappa shape index (κ2) is 5.23. The fourth-order valence-electron chi connectivity index (χ4n) is 1.92. The third-order valence-electron chi connectivity index (χ3n) is 3.17. The molecule has 0 aliphatic rings. The number of aryl methyl sites for hydroxylation is 1. The van der Waals surface area contributed by atoms with Gasteiger partial charge in [0.15, 0.2) is 5.72 Å². The van der Waals surface area contributed by atoms with E-state index in [9.17, 15) is 0 Å². The molecule has 2 N–H and O–H groups in total. The van der Waals surface area contributed by atoms with Crippen molar-refractivity contribution in [3.05, 3.63) is 65.7 Å². The first kappa shape index (κ1) is 12.7. The first-order chi connectivity index (χ1) is 8.65. The summed E-state index contributed by atoms with van der Waals surface area (Å²) in [5.74, 6) is 0.839. The van der Waals surface area contributed by atoms with Gasteiger partial charge in [0.2, 0.25) is 0 Å². The second-order valence-electron chi connectivity index (χ2n) is 4.48. The Morgan fingerprint density at radius 1 is 1.00 bits per heavy atom. The van der Waals surface area contributed by atoms with Gasteiger partial charge in [0.25, 0.3) is 0 Å². The molecule has 0 bridgehead atoms. The molecule has 0 aliphatic carbocycles. The predicted octanol–water partition coefficient (Wildman–Crippen LogP) is 3.60. The van der Waals surface area contributed by atoms with Gasteiger partial charge in [-0.25, -0.2) is 0 Å². The van der Waals surface area contributed by atoms with E-state index in [0.29, 0.717) is 6.42 Å². The van der Waals surface area contributed by atoms with Gasteiger partial charge in [-0.1, -0.05) is 55.5 Å². The predicted molar refractivity (Wildman–Crippen MR) is 74.4 cm³/mol. The average molecular weight is 241 g/mol. The minimum absolute atomic E-state index is 0.714. The van der Waals surface area contributed by atoms with Crippen molar-refractivity contribution in [2.75, 3.05) is 0 Å². The Bertz CT molecular complexity index is 510. The van der Waals surface area contributed by atoms with Crippen molar-refractivity contribution in [1.82, 2.24) is 0 Å². The highest BCUT2D eigenvalue weighted by molar-refractivity contribution is 5.34. The zero-order valence-electron chi connectivity index (χ0n) is 10.9. The van der Waals surface area contributed by atoms with Gasteiger partial charge in [0.1, 0.15) is 5.75 Å². The number of hydrogen-bond donors (Lipinski definition) is 1. The van der Waals surface area contributed by atoms with Crippen molar-refractivity contribution in [3.63, 3.8) is 0 Å². The van der Waals surface area contributed by atoms with Crippen molar-refractivity contribution in [3.8, 4) is 5.75 Å². The van der Waals surface area contributed by atoms with E-state index in [1.807, 2.05) is 68.4 Å².